The van der Waals surface area contributed by atoms with Gasteiger partial charge in [0.25, 0.3) is 0 Å². The van der Waals surface area contributed by atoms with Crippen molar-refractivity contribution in [3.05, 3.63) is 28.5 Å². The molecule has 1 aromatic carbocycles. The molecule has 0 saturated carbocycles. The number of benzene rings is 1. The second-order valence-electron chi connectivity index (χ2n) is 4.88. The molecule has 1 atom stereocenters. The summed E-state index contributed by atoms with van der Waals surface area (Å²) in [6.07, 6.45) is 3.18. The molecule has 0 aliphatic carbocycles. The minimum atomic E-state index is -3.98. The van der Waals surface area contributed by atoms with Crippen LogP contribution in [0.2, 0.25) is 5.02 Å². The van der Waals surface area contributed by atoms with Crippen molar-refractivity contribution in [2.45, 2.75) is 36.0 Å². The first-order valence-corrected chi connectivity index (χ1v) is 9.55. The lowest BCUT2D eigenvalue weighted by molar-refractivity contribution is 0.274. The van der Waals surface area contributed by atoms with Crippen molar-refractivity contribution in [1.29, 1.82) is 0 Å². The molecule has 0 radical (unpaired) electrons. The molecule has 2 N–H and O–H groups in total. The number of rotatable bonds is 5. The SMILES string of the molecule is O=S(=O)(NCC1CCCCS1)c1cc(Cl)cc(CO)c1F. The van der Waals surface area contributed by atoms with Crippen LogP contribution in [0, 0.1) is 5.82 Å². The molecule has 1 fully saturated rings. The van der Waals surface area contributed by atoms with E-state index in [9.17, 15) is 12.8 Å². The van der Waals surface area contributed by atoms with E-state index in [1.807, 2.05) is 0 Å². The molecule has 1 aliphatic heterocycles. The molecule has 4 nitrogen and oxygen atoms in total. The van der Waals surface area contributed by atoms with E-state index >= 15 is 0 Å². The zero-order valence-corrected chi connectivity index (χ0v) is 13.7. The lowest BCUT2D eigenvalue weighted by atomic mass is 10.2. The maximum absolute atomic E-state index is 14.1. The minimum absolute atomic E-state index is 0.0767. The second kappa shape index (κ2) is 7.28. The molecule has 8 heteroatoms. The Morgan fingerprint density at radius 1 is 1.43 bits per heavy atom. The molecule has 1 heterocycles. The van der Waals surface area contributed by atoms with Crippen LogP contribution in [0.3, 0.4) is 0 Å². The Morgan fingerprint density at radius 2 is 2.19 bits per heavy atom. The van der Waals surface area contributed by atoms with Gasteiger partial charge >= 0.3 is 0 Å². The summed E-state index contributed by atoms with van der Waals surface area (Å²) < 4.78 is 40.9. The van der Waals surface area contributed by atoms with Crippen molar-refractivity contribution in [2.24, 2.45) is 0 Å². The standard InChI is InChI=1S/C13H17ClFNO3S2/c14-10-5-9(8-17)13(15)12(6-10)21(18,19)16-7-11-3-1-2-4-20-11/h5-6,11,16-17H,1-4,7-8H2. The number of hydrogen-bond acceptors (Lipinski definition) is 4. The van der Waals surface area contributed by atoms with Crippen molar-refractivity contribution in [1.82, 2.24) is 4.72 Å². The Balaban J connectivity index is 2.17. The van der Waals surface area contributed by atoms with Crippen LogP contribution in [0.1, 0.15) is 24.8 Å². The molecule has 1 unspecified atom stereocenters. The molecule has 0 bridgehead atoms. The van der Waals surface area contributed by atoms with Crippen LogP contribution in [-0.4, -0.2) is 31.1 Å². The third-order valence-electron chi connectivity index (χ3n) is 3.31. The van der Waals surface area contributed by atoms with Crippen molar-refractivity contribution in [3.63, 3.8) is 0 Å². The Hall–Kier alpha value is -0.340. The van der Waals surface area contributed by atoms with Gasteiger partial charge in [-0.1, -0.05) is 18.0 Å². The van der Waals surface area contributed by atoms with Gasteiger partial charge in [-0.3, -0.25) is 0 Å². The maximum Gasteiger partial charge on any atom is 0.243 e. The van der Waals surface area contributed by atoms with Gasteiger partial charge in [0.15, 0.2) is 0 Å². The van der Waals surface area contributed by atoms with Crippen molar-refractivity contribution in [2.75, 3.05) is 12.3 Å². The molecular formula is C13H17ClFNO3S2. The largest absolute Gasteiger partial charge is 0.392 e. The number of hydrogen-bond donors (Lipinski definition) is 2. The summed E-state index contributed by atoms with van der Waals surface area (Å²) in [7, 11) is -3.98. The van der Waals surface area contributed by atoms with Crippen molar-refractivity contribution in [3.8, 4) is 0 Å². The Bertz CT molecular complexity index is 604. The van der Waals surface area contributed by atoms with Gasteiger partial charge in [-0.25, -0.2) is 17.5 Å². The molecule has 0 aromatic heterocycles. The summed E-state index contributed by atoms with van der Waals surface area (Å²) in [5, 5.41) is 9.34. The Labute approximate surface area is 133 Å². The third-order valence-corrected chi connectivity index (χ3v) is 6.35. The Kier molecular flexibility index (Phi) is 5.90. The first-order valence-electron chi connectivity index (χ1n) is 6.64. The molecule has 2 rings (SSSR count). The smallest absolute Gasteiger partial charge is 0.243 e. The van der Waals surface area contributed by atoms with Gasteiger partial charge in [0.2, 0.25) is 10.0 Å². The van der Waals surface area contributed by atoms with Gasteiger partial charge in [0, 0.05) is 22.4 Å². The first-order chi connectivity index (χ1) is 9.94. The first kappa shape index (κ1) is 17.0. The normalized spacial score (nSPS) is 19.7. The van der Waals surface area contributed by atoms with Crippen molar-refractivity contribution >= 4 is 33.4 Å². The quantitative estimate of drug-likeness (QED) is 0.853. The number of nitrogens with one attached hydrogen (secondary N) is 1. The minimum Gasteiger partial charge on any atom is -0.392 e. The molecule has 0 spiro atoms. The number of thioether (sulfide) groups is 1. The van der Waals surface area contributed by atoms with E-state index in [-0.39, 0.29) is 22.4 Å². The molecule has 1 aliphatic rings. The van der Waals surface area contributed by atoms with E-state index in [4.69, 9.17) is 16.7 Å². The van der Waals surface area contributed by atoms with E-state index in [2.05, 4.69) is 4.72 Å². The average Bonchev–Trinajstić information content (AvgIpc) is 2.48. The van der Waals surface area contributed by atoms with Crippen LogP contribution < -0.4 is 4.72 Å². The third kappa shape index (κ3) is 4.32. The molecule has 1 saturated heterocycles. The summed E-state index contributed by atoms with van der Waals surface area (Å²) >= 11 is 7.51. The summed E-state index contributed by atoms with van der Waals surface area (Å²) in [5.41, 5.74) is -0.130. The zero-order valence-electron chi connectivity index (χ0n) is 11.3. The maximum atomic E-state index is 14.1. The fraction of sp³-hybridized carbons (Fsp3) is 0.538. The van der Waals surface area contributed by atoms with Crippen LogP contribution in [0.4, 0.5) is 4.39 Å². The van der Waals surface area contributed by atoms with E-state index in [1.54, 1.807) is 11.8 Å². The van der Waals surface area contributed by atoms with E-state index in [0.717, 1.165) is 31.1 Å². The molecule has 118 valence electrons. The van der Waals surface area contributed by atoms with E-state index in [0.29, 0.717) is 0 Å². The highest BCUT2D eigenvalue weighted by Crippen LogP contribution is 2.26. The molecular weight excluding hydrogens is 337 g/mol. The monoisotopic (exact) mass is 353 g/mol. The van der Waals surface area contributed by atoms with E-state index < -0.39 is 27.3 Å². The molecule has 1 aromatic rings. The van der Waals surface area contributed by atoms with Gasteiger partial charge in [0.05, 0.1) is 6.61 Å². The summed E-state index contributed by atoms with van der Waals surface area (Å²) in [4.78, 5) is -0.514. The second-order valence-corrected chi connectivity index (χ2v) is 8.46. The van der Waals surface area contributed by atoms with Gasteiger partial charge in [-0.2, -0.15) is 11.8 Å². The highest BCUT2D eigenvalue weighted by molar-refractivity contribution is 8.00. The lowest BCUT2D eigenvalue weighted by Gasteiger charge is -2.21. The van der Waals surface area contributed by atoms with Crippen molar-refractivity contribution < 1.29 is 17.9 Å². The van der Waals surface area contributed by atoms with E-state index in [1.165, 1.54) is 6.07 Å². The zero-order chi connectivity index (χ0) is 15.5. The molecule has 0 amide bonds. The predicted octanol–water partition coefficient (Wildman–Crippen LogP) is 2.54. The summed E-state index contributed by atoms with van der Waals surface area (Å²) in [6.45, 7) is -0.333. The predicted molar refractivity (Wildman–Crippen MR) is 82.6 cm³/mol. The van der Waals surface area contributed by atoms with Crippen LogP contribution in [-0.2, 0) is 16.6 Å². The van der Waals surface area contributed by atoms with Crippen LogP contribution in [0.5, 0.6) is 0 Å². The van der Waals surface area contributed by atoms with Crippen LogP contribution in [0.15, 0.2) is 17.0 Å². The Morgan fingerprint density at radius 3 is 2.81 bits per heavy atom. The summed E-state index contributed by atoms with van der Waals surface area (Å²) in [6, 6.07) is 2.28. The van der Waals surface area contributed by atoms with Crippen LogP contribution >= 0.6 is 23.4 Å². The highest BCUT2D eigenvalue weighted by Gasteiger charge is 2.24. The number of sulfonamides is 1. The number of halogens is 2. The fourth-order valence-corrected chi connectivity index (χ4v) is 5.05. The van der Waals surface area contributed by atoms with Gasteiger partial charge in [-0.05, 0) is 30.7 Å². The highest BCUT2D eigenvalue weighted by atomic mass is 35.5. The fourth-order valence-electron chi connectivity index (χ4n) is 2.18. The number of aliphatic hydroxyl groups is 1. The summed E-state index contributed by atoms with van der Waals surface area (Å²) in [5.74, 6) is 0.0674. The average molecular weight is 354 g/mol. The number of aliphatic hydroxyl groups excluding tert-OH is 1. The van der Waals surface area contributed by atoms with Gasteiger partial charge < -0.3 is 5.11 Å². The van der Waals surface area contributed by atoms with Crippen LogP contribution in [0.25, 0.3) is 0 Å². The topological polar surface area (TPSA) is 66.4 Å². The lowest BCUT2D eigenvalue weighted by Crippen LogP contribution is -2.32. The van der Waals surface area contributed by atoms with Gasteiger partial charge in [0.1, 0.15) is 10.7 Å². The molecule has 21 heavy (non-hydrogen) atoms. The van der Waals surface area contributed by atoms with Gasteiger partial charge in [-0.15, -0.1) is 0 Å².